The van der Waals surface area contributed by atoms with Crippen molar-refractivity contribution >= 4 is 23.2 Å². The van der Waals surface area contributed by atoms with E-state index >= 15 is 0 Å². The van der Waals surface area contributed by atoms with Gasteiger partial charge < -0.3 is 16.4 Å². The van der Waals surface area contributed by atoms with Crippen LogP contribution >= 0.6 is 0 Å². The van der Waals surface area contributed by atoms with Crippen LogP contribution in [0.5, 0.6) is 0 Å². The summed E-state index contributed by atoms with van der Waals surface area (Å²) in [6.45, 7) is 3.76. The fourth-order valence-electron chi connectivity index (χ4n) is 3.53. The number of nitrogen functional groups attached to an aromatic ring is 1. The summed E-state index contributed by atoms with van der Waals surface area (Å²) in [4.78, 5) is 25.1. The Morgan fingerprint density at radius 3 is 2.37 bits per heavy atom. The Hall–Kier alpha value is -2.82. The van der Waals surface area contributed by atoms with Crippen LogP contribution in [0.4, 0.5) is 11.4 Å². The van der Waals surface area contributed by atoms with E-state index in [0.717, 1.165) is 24.0 Å². The minimum atomic E-state index is -0.206. The molecule has 2 amide bonds. The zero-order chi connectivity index (χ0) is 19.4. The van der Waals surface area contributed by atoms with Gasteiger partial charge in [0.05, 0.1) is 0 Å². The molecule has 0 unspecified atom stereocenters. The maximum absolute atomic E-state index is 12.6. The number of benzene rings is 2. The van der Waals surface area contributed by atoms with E-state index in [-0.39, 0.29) is 17.9 Å². The number of anilines is 2. The van der Waals surface area contributed by atoms with E-state index in [1.165, 1.54) is 19.3 Å². The predicted molar refractivity (Wildman–Crippen MR) is 109 cm³/mol. The molecule has 3 rings (SSSR count). The van der Waals surface area contributed by atoms with Crippen molar-refractivity contribution in [3.63, 3.8) is 0 Å². The number of carbonyl (C=O) groups excluding carboxylic acids is 2. The van der Waals surface area contributed by atoms with Crippen molar-refractivity contribution in [3.05, 3.63) is 58.7 Å². The molecule has 0 radical (unpaired) electrons. The Morgan fingerprint density at radius 2 is 1.67 bits per heavy atom. The predicted octanol–water partition coefficient (Wildman–Crippen LogP) is 4.20. The average Bonchev–Trinajstić information content (AvgIpc) is 2.66. The van der Waals surface area contributed by atoms with Crippen LogP contribution in [0.3, 0.4) is 0 Å². The second-order valence-corrected chi connectivity index (χ2v) is 7.37. The molecule has 5 nitrogen and oxygen atoms in total. The van der Waals surface area contributed by atoms with Gasteiger partial charge in [0.2, 0.25) is 0 Å². The van der Waals surface area contributed by atoms with Crippen LogP contribution in [0, 0.1) is 13.8 Å². The largest absolute Gasteiger partial charge is 0.399 e. The van der Waals surface area contributed by atoms with Gasteiger partial charge in [0.1, 0.15) is 0 Å². The molecule has 2 aromatic rings. The number of carbonyl (C=O) groups is 2. The zero-order valence-electron chi connectivity index (χ0n) is 16.0. The monoisotopic (exact) mass is 365 g/mol. The van der Waals surface area contributed by atoms with Crippen LogP contribution in [0.1, 0.15) is 63.9 Å². The Balaban J connectivity index is 1.69. The molecule has 27 heavy (non-hydrogen) atoms. The molecule has 0 bridgehead atoms. The first kappa shape index (κ1) is 19.0. The molecule has 0 atom stereocenters. The molecular weight excluding hydrogens is 338 g/mol. The fourth-order valence-corrected chi connectivity index (χ4v) is 3.53. The van der Waals surface area contributed by atoms with E-state index in [2.05, 4.69) is 10.6 Å². The minimum absolute atomic E-state index is 0.0467. The van der Waals surface area contributed by atoms with E-state index in [9.17, 15) is 9.59 Å². The van der Waals surface area contributed by atoms with Crippen molar-refractivity contribution in [1.29, 1.82) is 0 Å². The van der Waals surface area contributed by atoms with Gasteiger partial charge in [-0.1, -0.05) is 25.3 Å². The number of hydrogen-bond donors (Lipinski definition) is 3. The molecule has 2 aromatic carbocycles. The molecule has 0 aliphatic heterocycles. The summed E-state index contributed by atoms with van der Waals surface area (Å²) < 4.78 is 0. The summed E-state index contributed by atoms with van der Waals surface area (Å²) in [7, 11) is 0. The summed E-state index contributed by atoms with van der Waals surface area (Å²) in [6.07, 6.45) is 5.72. The number of nitrogens with one attached hydrogen (secondary N) is 2. The van der Waals surface area contributed by atoms with Crippen LogP contribution in [0.15, 0.2) is 36.4 Å². The Labute approximate surface area is 160 Å². The lowest BCUT2D eigenvalue weighted by Gasteiger charge is -2.23. The minimum Gasteiger partial charge on any atom is -0.399 e. The molecule has 1 aliphatic carbocycles. The van der Waals surface area contributed by atoms with Crippen molar-refractivity contribution in [1.82, 2.24) is 5.32 Å². The smallest absolute Gasteiger partial charge is 0.256 e. The van der Waals surface area contributed by atoms with Crippen molar-refractivity contribution in [2.75, 3.05) is 11.1 Å². The third kappa shape index (κ3) is 4.67. The van der Waals surface area contributed by atoms with Crippen molar-refractivity contribution in [2.45, 2.75) is 52.0 Å². The van der Waals surface area contributed by atoms with Crippen LogP contribution in [0.2, 0.25) is 0 Å². The van der Waals surface area contributed by atoms with Crippen LogP contribution < -0.4 is 16.4 Å². The fraction of sp³-hybridized carbons (Fsp3) is 0.364. The van der Waals surface area contributed by atoms with E-state index in [4.69, 9.17) is 5.73 Å². The molecular formula is C22H27N3O2. The van der Waals surface area contributed by atoms with Crippen molar-refractivity contribution in [3.8, 4) is 0 Å². The van der Waals surface area contributed by atoms with E-state index in [0.29, 0.717) is 22.5 Å². The van der Waals surface area contributed by atoms with Gasteiger partial charge in [0, 0.05) is 28.5 Å². The lowest BCUT2D eigenvalue weighted by molar-refractivity contribution is 0.0927. The maximum Gasteiger partial charge on any atom is 0.256 e. The topological polar surface area (TPSA) is 84.2 Å². The molecule has 1 aliphatic rings. The lowest BCUT2D eigenvalue weighted by Crippen LogP contribution is -2.36. The summed E-state index contributed by atoms with van der Waals surface area (Å²) in [5, 5.41) is 6.04. The molecule has 0 spiro atoms. The van der Waals surface area contributed by atoms with Crippen LogP contribution in [-0.4, -0.2) is 17.9 Å². The van der Waals surface area contributed by atoms with E-state index in [1.54, 1.807) is 24.3 Å². The van der Waals surface area contributed by atoms with E-state index in [1.807, 2.05) is 26.0 Å². The third-order valence-electron chi connectivity index (χ3n) is 5.18. The van der Waals surface area contributed by atoms with Gasteiger partial charge >= 0.3 is 0 Å². The summed E-state index contributed by atoms with van der Waals surface area (Å²) in [5.74, 6) is -0.253. The quantitative estimate of drug-likeness (QED) is 0.710. The lowest BCUT2D eigenvalue weighted by atomic mass is 9.95. The van der Waals surface area contributed by atoms with Gasteiger partial charge in [-0.3, -0.25) is 9.59 Å². The first-order chi connectivity index (χ1) is 12.9. The molecule has 142 valence electrons. The number of aryl methyl sites for hydroxylation is 2. The second kappa shape index (κ2) is 8.25. The van der Waals surface area contributed by atoms with Crippen molar-refractivity contribution < 1.29 is 9.59 Å². The van der Waals surface area contributed by atoms with Gasteiger partial charge in [-0.25, -0.2) is 0 Å². The van der Waals surface area contributed by atoms with Gasteiger partial charge in [0.25, 0.3) is 11.8 Å². The highest BCUT2D eigenvalue weighted by Crippen LogP contribution is 2.21. The van der Waals surface area contributed by atoms with E-state index < -0.39 is 0 Å². The summed E-state index contributed by atoms with van der Waals surface area (Å²) in [5.41, 5.74) is 9.92. The van der Waals surface area contributed by atoms with Gasteiger partial charge in [0.15, 0.2) is 0 Å². The van der Waals surface area contributed by atoms with Crippen LogP contribution in [-0.2, 0) is 0 Å². The normalized spacial score (nSPS) is 14.6. The number of nitrogens with two attached hydrogens (primary N) is 1. The van der Waals surface area contributed by atoms with Gasteiger partial charge in [-0.05, 0) is 68.1 Å². The standard InChI is InChI=1S/C22H27N3O2/c1-14-8-10-17(23)13-19(14)22(27)25-20-11-9-16(12-15(20)2)21(26)24-18-6-4-3-5-7-18/h8-13,18H,3-7,23H2,1-2H3,(H,24,26)(H,25,27). The molecule has 5 heteroatoms. The number of amides is 2. The number of hydrogen-bond acceptors (Lipinski definition) is 3. The average molecular weight is 365 g/mol. The molecule has 1 saturated carbocycles. The zero-order valence-corrected chi connectivity index (χ0v) is 16.0. The second-order valence-electron chi connectivity index (χ2n) is 7.37. The summed E-state index contributed by atoms with van der Waals surface area (Å²) in [6, 6.07) is 10.9. The third-order valence-corrected chi connectivity index (χ3v) is 5.18. The van der Waals surface area contributed by atoms with Crippen molar-refractivity contribution in [2.24, 2.45) is 0 Å². The molecule has 0 aromatic heterocycles. The molecule has 1 fully saturated rings. The highest BCUT2D eigenvalue weighted by Gasteiger charge is 2.17. The molecule has 4 N–H and O–H groups in total. The highest BCUT2D eigenvalue weighted by molar-refractivity contribution is 6.06. The first-order valence-electron chi connectivity index (χ1n) is 9.53. The maximum atomic E-state index is 12.6. The molecule has 0 saturated heterocycles. The molecule has 0 heterocycles. The van der Waals surface area contributed by atoms with Crippen LogP contribution in [0.25, 0.3) is 0 Å². The van der Waals surface area contributed by atoms with Gasteiger partial charge in [-0.2, -0.15) is 0 Å². The van der Waals surface area contributed by atoms with Gasteiger partial charge in [-0.15, -0.1) is 0 Å². The highest BCUT2D eigenvalue weighted by atomic mass is 16.2. The SMILES string of the molecule is Cc1cc(C(=O)NC2CCCCC2)ccc1NC(=O)c1cc(N)ccc1C. The number of rotatable bonds is 4. The Kier molecular flexibility index (Phi) is 5.79. The Bertz CT molecular complexity index is 855. The summed E-state index contributed by atoms with van der Waals surface area (Å²) >= 11 is 0. The Morgan fingerprint density at radius 1 is 0.926 bits per heavy atom. The first-order valence-corrected chi connectivity index (χ1v) is 9.53.